The highest BCUT2D eigenvalue weighted by molar-refractivity contribution is 7.20. The van der Waals surface area contributed by atoms with E-state index in [2.05, 4.69) is 10.1 Å². The molecule has 4 rings (SSSR count). The summed E-state index contributed by atoms with van der Waals surface area (Å²) in [6.45, 7) is 2.96. The number of fused-ring (bicyclic) bond motifs is 1. The molecule has 1 amide bonds. The summed E-state index contributed by atoms with van der Waals surface area (Å²) < 4.78 is 2.96. The van der Waals surface area contributed by atoms with Gasteiger partial charge in [-0.3, -0.25) is 9.48 Å². The zero-order valence-electron chi connectivity index (χ0n) is 14.5. The summed E-state index contributed by atoms with van der Waals surface area (Å²) in [7, 11) is 1.91. The number of thiophene rings is 1. The lowest BCUT2D eigenvalue weighted by Crippen LogP contribution is -2.29. The third-order valence-corrected chi connectivity index (χ3v) is 6.12. The lowest BCUT2D eigenvalue weighted by atomic mass is 10.2. The van der Waals surface area contributed by atoms with Gasteiger partial charge in [0.15, 0.2) is 0 Å². The minimum Gasteiger partial charge on any atom is -0.325 e. The second-order valence-corrected chi connectivity index (χ2v) is 8.20. The van der Waals surface area contributed by atoms with Crippen LogP contribution in [0, 0.1) is 6.92 Å². The Hall–Kier alpha value is -2.51. The summed E-state index contributed by atoms with van der Waals surface area (Å²) in [5, 5.41) is 8.46. The fourth-order valence-electron chi connectivity index (χ4n) is 2.84. The van der Waals surface area contributed by atoms with E-state index >= 15 is 0 Å². The number of hydrogen-bond donors (Lipinski definition) is 0. The number of nitrogens with zero attached hydrogens (tertiary/aromatic N) is 4. The summed E-state index contributed by atoms with van der Waals surface area (Å²) >= 11 is 3.09. The van der Waals surface area contributed by atoms with Gasteiger partial charge in [-0.15, -0.1) is 22.7 Å². The first-order chi connectivity index (χ1) is 12.6. The van der Waals surface area contributed by atoms with E-state index in [0.29, 0.717) is 13.1 Å². The molecule has 0 spiro atoms. The highest BCUT2D eigenvalue weighted by atomic mass is 32.1. The van der Waals surface area contributed by atoms with Crippen LogP contribution in [0.25, 0.3) is 10.1 Å². The van der Waals surface area contributed by atoms with Crippen LogP contribution in [0.15, 0.2) is 48.0 Å². The summed E-state index contributed by atoms with van der Waals surface area (Å²) in [4.78, 5) is 20.1. The maximum absolute atomic E-state index is 13.2. The Bertz CT molecular complexity index is 996. The van der Waals surface area contributed by atoms with Gasteiger partial charge in [0.2, 0.25) is 0 Å². The van der Waals surface area contributed by atoms with Crippen LogP contribution in [0.4, 0.5) is 0 Å². The summed E-state index contributed by atoms with van der Waals surface area (Å²) in [5.74, 6) is 0.0182. The topological polar surface area (TPSA) is 51.0 Å². The van der Waals surface area contributed by atoms with Crippen molar-refractivity contribution in [1.82, 2.24) is 19.7 Å². The molecule has 132 valence electrons. The first kappa shape index (κ1) is 16.9. The van der Waals surface area contributed by atoms with Gasteiger partial charge in [0, 0.05) is 29.0 Å². The van der Waals surface area contributed by atoms with E-state index in [1.54, 1.807) is 17.5 Å². The van der Waals surface area contributed by atoms with Gasteiger partial charge in [0.05, 0.1) is 23.7 Å². The minimum absolute atomic E-state index is 0.0182. The molecule has 3 aromatic heterocycles. The molecule has 0 radical (unpaired) electrons. The molecule has 7 heteroatoms. The van der Waals surface area contributed by atoms with Gasteiger partial charge >= 0.3 is 0 Å². The number of amides is 1. The van der Waals surface area contributed by atoms with Gasteiger partial charge in [-0.1, -0.05) is 18.2 Å². The van der Waals surface area contributed by atoms with E-state index in [0.717, 1.165) is 31.4 Å². The van der Waals surface area contributed by atoms with Gasteiger partial charge in [0.25, 0.3) is 5.91 Å². The van der Waals surface area contributed by atoms with Crippen LogP contribution in [0.2, 0.25) is 0 Å². The first-order valence-electron chi connectivity index (χ1n) is 8.26. The smallest absolute Gasteiger partial charge is 0.264 e. The van der Waals surface area contributed by atoms with E-state index in [4.69, 9.17) is 0 Å². The molecule has 0 aliphatic heterocycles. The van der Waals surface area contributed by atoms with Crippen molar-refractivity contribution in [1.29, 1.82) is 0 Å². The Kier molecular flexibility index (Phi) is 4.57. The lowest BCUT2D eigenvalue weighted by molar-refractivity contribution is 0.0732. The SMILES string of the molecule is Cc1cc(CN(Cc2nccs2)C(=O)c2cc3ccccc3s2)nn1C. The Morgan fingerprint density at radius 3 is 2.77 bits per heavy atom. The molecule has 0 saturated heterocycles. The average molecular weight is 383 g/mol. The minimum atomic E-state index is 0.0182. The molecule has 0 bridgehead atoms. The highest BCUT2D eigenvalue weighted by Crippen LogP contribution is 2.27. The number of carbonyl (C=O) groups is 1. The number of aromatic nitrogens is 3. The van der Waals surface area contributed by atoms with Gasteiger partial charge in [0.1, 0.15) is 5.01 Å². The molecule has 26 heavy (non-hydrogen) atoms. The predicted molar refractivity (Wildman–Crippen MR) is 105 cm³/mol. The van der Waals surface area contributed by atoms with Crippen molar-refractivity contribution in [3.8, 4) is 0 Å². The van der Waals surface area contributed by atoms with Crippen LogP contribution >= 0.6 is 22.7 Å². The highest BCUT2D eigenvalue weighted by Gasteiger charge is 2.21. The maximum atomic E-state index is 13.2. The third-order valence-electron chi connectivity index (χ3n) is 4.25. The van der Waals surface area contributed by atoms with Crippen LogP contribution in [-0.2, 0) is 20.1 Å². The molecule has 1 aromatic carbocycles. The van der Waals surface area contributed by atoms with Crippen LogP contribution < -0.4 is 0 Å². The van der Waals surface area contributed by atoms with Crippen LogP contribution in [0.1, 0.15) is 26.1 Å². The number of thiazole rings is 1. The van der Waals surface area contributed by atoms with Crippen LogP contribution in [-0.4, -0.2) is 25.6 Å². The molecular formula is C19H18N4OS2. The van der Waals surface area contributed by atoms with Gasteiger partial charge in [-0.05, 0) is 30.5 Å². The molecule has 0 aliphatic rings. The van der Waals surface area contributed by atoms with E-state index in [1.807, 2.05) is 65.3 Å². The van der Waals surface area contributed by atoms with E-state index in [1.165, 1.54) is 11.3 Å². The van der Waals surface area contributed by atoms with Crippen molar-refractivity contribution in [3.63, 3.8) is 0 Å². The van der Waals surface area contributed by atoms with Crippen molar-refractivity contribution >= 4 is 38.7 Å². The third kappa shape index (κ3) is 3.40. The Morgan fingerprint density at radius 2 is 2.08 bits per heavy atom. The number of rotatable bonds is 5. The number of hydrogen-bond acceptors (Lipinski definition) is 5. The number of benzene rings is 1. The molecular weight excluding hydrogens is 364 g/mol. The van der Waals surface area contributed by atoms with Gasteiger partial charge in [-0.2, -0.15) is 5.10 Å². The van der Waals surface area contributed by atoms with Crippen molar-refractivity contribution in [2.24, 2.45) is 7.05 Å². The molecule has 0 N–H and O–H groups in total. The second-order valence-electron chi connectivity index (χ2n) is 6.14. The zero-order valence-corrected chi connectivity index (χ0v) is 16.2. The van der Waals surface area contributed by atoms with E-state index in [9.17, 15) is 4.79 Å². The van der Waals surface area contributed by atoms with Crippen molar-refractivity contribution in [2.75, 3.05) is 0 Å². The fourth-order valence-corrected chi connectivity index (χ4v) is 4.51. The van der Waals surface area contributed by atoms with Crippen molar-refractivity contribution in [3.05, 3.63) is 69.2 Å². The molecule has 0 unspecified atom stereocenters. The molecule has 0 atom stereocenters. The Labute approximate surface area is 159 Å². The summed E-state index contributed by atoms with van der Waals surface area (Å²) in [6.07, 6.45) is 1.77. The predicted octanol–water partition coefficient (Wildman–Crippen LogP) is 4.24. The second kappa shape index (κ2) is 7.01. The molecule has 4 aromatic rings. The maximum Gasteiger partial charge on any atom is 0.264 e. The van der Waals surface area contributed by atoms with Crippen molar-refractivity contribution in [2.45, 2.75) is 20.0 Å². The molecule has 3 heterocycles. The monoisotopic (exact) mass is 382 g/mol. The standard InChI is InChI=1S/C19H18N4OS2/c1-13-9-15(21-22(13)2)11-23(12-18-20-7-8-25-18)19(24)17-10-14-5-3-4-6-16(14)26-17/h3-10H,11-12H2,1-2H3. The largest absolute Gasteiger partial charge is 0.325 e. The van der Waals surface area contributed by atoms with Crippen molar-refractivity contribution < 1.29 is 4.79 Å². The van der Waals surface area contributed by atoms with E-state index < -0.39 is 0 Å². The molecule has 5 nitrogen and oxygen atoms in total. The number of carbonyl (C=O) groups excluding carboxylic acids is 1. The lowest BCUT2D eigenvalue weighted by Gasteiger charge is -2.20. The Morgan fingerprint density at radius 1 is 1.23 bits per heavy atom. The van der Waals surface area contributed by atoms with E-state index in [-0.39, 0.29) is 5.91 Å². The molecule has 0 saturated carbocycles. The van der Waals surface area contributed by atoms with Gasteiger partial charge < -0.3 is 4.90 Å². The van der Waals surface area contributed by atoms with Gasteiger partial charge in [-0.25, -0.2) is 4.98 Å². The molecule has 0 aliphatic carbocycles. The quantitative estimate of drug-likeness (QED) is 0.519. The zero-order chi connectivity index (χ0) is 18.1. The molecule has 0 fully saturated rings. The summed E-state index contributed by atoms with van der Waals surface area (Å²) in [6, 6.07) is 12.1. The Balaban J connectivity index is 1.65. The first-order valence-corrected chi connectivity index (χ1v) is 9.95. The normalized spacial score (nSPS) is 11.2. The average Bonchev–Trinajstić information content (AvgIpc) is 3.35. The number of aryl methyl sites for hydroxylation is 2. The fraction of sp³-hybridized carbons (Fsp3) is 0.211. The summed E-state index contributed by atoms with van der Waals surface area (Å²) in [5.41, 5.74) is 1.96. The van der Waals surface area contributed by atoms with Crippen LogP contribution in [0.5, 0.6) is 0 Å². The van der Waals surface area contributed by atoms with Crippen LogP contribution in [0.3, 0.4) is 0 Å².